The number of hydrogen-bond acceptors (Lipinski definition) is 8. The van der Waals surface area contributed by atoms with E-state index in [0.717, 1.165) is 0 Å². The maximum Gasteiger partial charge on any atom is 0.320 e. The second-order valence-electron chi connectivity index (χ2n) is 12.5. The van der Waals surface area contributed by atoms with Crippen molar-refractivity contribution < 1.29 is 19.4 Å². The number of likely N-dealkylation sites (tertiary alicyclic amines) is 1. The van der Waals surface area contributed by atoms with Crippen molar-refractivity contribution in [1.82, 2.24) is 25.1 Å². The van der Waals surface area contributed by atoms with Crippen LogP contribution < -0.4 is 15.0 Å². The minimum absolute atomic E-state index is 0.0182. The van der Waals surface area contributed by atoms with Crippen LogP contribution in [0, 0.1) is 22.2 Å². The zero-order chi connectivity index (χ0) is 30.2. The van der Waals surface area contributed by atoms with Gasteiger partial charge in [0.15, 0.2) is 0 Å². The Bertz CT molecular complexity index is 1340. The summed E-state index contributed by atoms with van der Waals surface area (Å²) >= 11 is 6.20. The van der Waals surface area contributed by atoms with Crippen molar-refractivity contribution in [1.29, 1.82) is 5.26 Å². The Kier molecular flexibility index (Phi) is 8.23. The SMILES string of the molecule is CC1(C)C(NC(=O)c2cnc(N3CCN(C(=O)N4CCC(O)CC4)CC3)nc2)C(C)(C)C1Oc1ccc(C#N)c(Cl)c1. The molecule has 0 radical (unpaired) electrons. The van der Waals surface area contributed by atoms with Gasteiger partial charge in [0, 0.05) is 74.6 Å². The van der Waals surface area contributed by atoms with Gasteiger partial charge in [-0.05, 0) is 25.0 Å². The van der Waals surface area contributed by atoms with Gasteiger partial charge < -0.3 is 29.9 Å². The molecule has 3 heterocycles. The molecule has 2 aliphatic heterocycles. The first-order chi connectivity index (χ1) is 19.9. The Labute approximate surface area is 251 Å². The molecule has 1 aromatic heterocycles. The van der Waals surface area contributed by atoms with Crippen LogP contribution in [0.3, 0.4) is 0 Å². The molecule has 11 nitrogen and oxygen atoms in total. The number of aliphatic hydroxyl groups is 1. The molecule has 3 amide bonds. The highest BCUT2D eigenvalue weighted by Gasteiger charge is 2.64. The van der Waals surface area contributed by atoms with Crippen molar-refractivity contribution in [3.63, 3.8) is 0 Å². The fraction of sp³-hybridized carbons (Fsp3) is 0.567. The van der Waals surface area contributed by atoms with Gasteiger partial charge in [-0.15, -0.1) is 0 Å². The molecule has 0 spiro atoms. The fourth-order valence-corrected chi connectivity index (χ4v) is 6.98. The molecule has 0 atom stereocenters. The summed E-state index contributed by atoms with van der Waals surface area (Å²) in [4.78, 5) is 40.6. The number of nitrogens with one attached hydrogen (secondary N) is 1. The lowest BCUT2D eigenvalue weighted by molar-refractivity contribution is -0.164. The summed E-state index contributed by atoms with van der Waals surface area (Å²) < 4.78 is 6.31. The van der Waals surface area contributed by atoms with E-state index in [2.05, 4.69) is 49.0 Å². The molecule has 3 aliphatic rings. The fourth-order valence-electron chi connectivity index (χ4n) is 6.77. The molecule has 0 bridgehead atoms. The summed E-state index contributed by atoms with van der Waals surface area (Å²) in [6.07, 6.45) is 3.81. The van der Waals surface area contributed by atoms with Crippen LogP contribution in [0.15, 0.2) is 30.6 Å². The number of aromatic nitrogens is 2. The monoisotopic (exact) mass is 595 g/mol. The van der Waals surface area contributed by atoms with E-state index in [-0.39, 0.29) is 41.0 Å². The van der Waals surface area contributed by atoms with E-state index in [9.17, 15) is 14.7 Å². The van der Waals surface area contributed by atoms with Crippen LogP contribution in [-0.2, 0) is 0 Å². The van der Waals surface area contributed by atoms with Crippen LogP contribution in [0.5, 0.6) is 5.75 Å². The lowest BCUT2D eigenvalue weighted by atomic mass is 9.49. The Hall–Kier alpha value is -3.62. The number of hydrogen-bond donors (Lipinski definition) is 2. The van der Waals surface area contributed by atoms with E-state index in [1.165, 1.54) is 0 Å². The summed E-state index contributed by atoms with van der Waals surface area (Å²) in [6.45, 7) is 11.7. The van der Waals surface area contributed by atoms with Crippen molar-refractivity contribution >= 4 is 29.5 Å². The van der Waals surface area contributed by atoms with E-state index in [4.69, 9.17) is 21.6 Å². The van der Waals surface area contributed by atoms with Crippen molar-refractivity contribution in [3.8, 4) is 11.8 Å². The molecule has 3 fully saturated rings. The smallest absolute Gasteiger partial charge is 0.320 e. The van der Waals surface area contributed by atoms with Gasteiger partial charge in [-0.25, -0.2) is 14.8 Å². The molecule has 12 heteroatoms. The van der Waals surface area contributed by atoms with Crippen LogP contribution in [0.1, 0.15) is 56.5 Å². The first kappa shape index (κ1) is 29.9. The summed E-state index contributed by atoms with van der Waals surface area (Å²) in [5.74, 6) is 0.851. The largest absolute Gasteiger partial charge is 0.489 e. The zero-order valence-electron chi connectivity index (χ0n) is 24.5. The number of anilines is 1. The molecular formula is C30H38ClN7O4. The quantitative estimate of drug-likeness (QED) is 0.537. The second-order valence-corrected chi connectivity index (χ2v) is 13.0. The van der Waals surface area contributed by atoms with Gasteiger partial charge in [0.1, 0.15) is 17.9 Å². The summed E-state index contributed by atoms with van der Waals surface area (Å²) in [7, 11) is 0. The topological polar surface area (TPSA) is 135 Å². The number of carbonyl (C=O) groups is 2. The number of piperidine rings is 1. The summed E-state index contributed by atoms with van der Waals surface area (Å²) in [5, 5.41) is 22.3. The van der Waals surface area contributed by atoms with Gasteiger partial charge in [0.2, 0.25) is 5.95 Å². The van der Waals surface area contributed by atoms with Gasteiger partial charge in [-0.2, -0.15) is 5.26 Å². The highest BCUT2D eigenvalue weighted by molar-refractivity contribution is 6.31. The van der Waals surface area contributed by atoms with Gasteiger partial charge in [0.05, 0.1) is 22.3 Å². The number of carbonyl (C=O) groups excluding carboxylic acids is 2. The van der Waals surface area contributed by atoms with E-state index >= 15 is 0 Å². The predicted octanol–water partition coefficient (Wildman–Crippen LogP) is 3.31. The van der Waals surface area contributed by atoms with Crippen molar-refractivity contribution in [2.24, 2.45) is 10.8 Å². The molecule has 1 aromatic carbocycles. The van der Waals surface area contributed by atoms with Crippen LogP contribution in [0.4, 0.5) is 10.7 Å². The highest BCUT2D eigenvalue weighted by Crippen LogP contribution is 2.55. The molecular weight excluding hydrogens is 558 g/mol. The molecule has 1 aliphatic carbocycles. The average Bonchev–Trinajstić information content (AvgIpc) is 2.98. The lowest BCUT2D eigenvalue weighted by Crippen LogP contribution is -2.74. The number of nitrogens with zero attached hydrogens (tertiary/aromatic N) is 6. The molecule has 224 valence electrons. The Morgan fingerprint density at radius 2 is 1.62 bits per heavy atom. The first-order valence-corrected chi connectivity index (χ1v) is 14.8. The van der Waals surface area contributed by atoms with E-state index < -0.39 is 0 Å². The Balaban J connectivity index is 1.15. The number of aliphatic hydroxyl groups excluding tert-OH is 1. The van der Waals surface area contributed by atoms with E-state index in [1.807, 2.05) is 14.7 Å². The molecule has 0 unspecified atom stereocenters. The molecule has 2 saturated heterocycles. The van der Waals surface area contributed by atoms with Crippen molar-refractivity contribution in [2.75, 3.05) is 44.2 Å². The van der Waals surface area contributed by atoms with Crippen LogP contribution in [-0.4, -0.2) is 94.3 Å². The van der Waals surface area contributed by atoms with Crippen LogP contribution in [0.2, 0.25) is 5.02 Å². The van der Waals surface area contributed by atoms with Crippen molar-refractivity contribution in [2.45, 2.75) is 58.8 Å². The number of piperazine rings is 1. The van der Waals surface area contributed by atoms with Crippen molar-refractivity contribution in [3.05, 3.63) is 46.7 Å². The Morgan fingerprint density at radius 3 is 2.19 bits per heavy atom. The zero-order valence-corrected chi connectivity index (χ0v) is 25.3. The third kappa shape index (κ3) is 5.70. The average molecular weight is 596 g/mol. The summed E-state index contributed by atoms with van der Waals surface area (Å²) in [6, 6.07) is 6.92. The van der Waals surface area contributed by atoms with Gasteiger partial charge in [0.25, 0.3) is 5.91 Å². The maximum atomic E-state index is 13.2. The third-order valence-corrected chi connectivity index (χ3v) is 9.21. The number of urea groups is 1. The number of amides is 3. The molecule has 2 N–H and O–H groups in total. The van der Waals surface area contributed by atoms with Gasteiger partial charge in [-0.1, -0.05) is 39.3 Å². The summed E-state index contributed by atoms with van der Waals surface area (Å²) in [5.41, 5.74) is -0.00619. The number of rotatable bonds is 5. The second kappa shape index (κ2) is 11.6. The predicted molar refractivity (Wildman–Crippen MR) is 157 cm³/mol. The molecule has 42 heavy (non-hydrogen) atoms. The van der Waals surface area contributed by atoms with Crippen LogP contribution >= 0.6 is 11.6 Å². The number of halogens is 1. The third-order valence-electron chi connectivity index (χ3n) is 8.90. The van der Waals surface area contributed by atoms with Gasteiger partial charge in [-0.3, -0.25) is 4.79 Å². The normalized spacial score (nSPS) is 23.5. The number of nitriles is 1. The first-order valence-electron chi connectivity index (χ1n) is 14.4. The van der Waals surface area contributed by atoms with Crippen LogP contribution in [0.25, 0.3) is 0 Å². The Morgan fingerprint density at radius 1 is 1.02 bits per heavy atom. The van der Waals surface area contributed by atoms with Gasteiger partial charge >= 0.3 is 6.03 Å². The minimum atomic E-state index is -0.383. The minimum Gasteiger partial charge on any atom is -0.489 e. The van der Waals surface area contributed by atoms with E-state index in [1.54, 1.807) is 30.6 Å². The lowest BCUT2D eigenvalue weighted by Gasteiger charge is -2.63. The van der Waals surface area contributed by atoms with E-state index in [0.29, 0.717) is 80.0 Å². The molecule has 1 saturated carbocycles. The number of benzene rings is 1. The molecule has 2 aromatic rings. The highest BCUT2D eigenvalue weighted by atomic mass is 35.5. The number of ether oxygens (including phenoxy) is 1. The molecule has 5 rings (SSSR count). The standard InChI is InChI=1S/C30H38ClN7O4/c1-29(2)25(30(3,4)26(29)42-22-6-5-19(16-32)23(31)15-22)35-24(40)20-17-33-27(34-18-20)36-11-13-38(14-12-36)28(41)37-9-7-21(39)8-10-37/h5-6,15,17-18,21,25-26,39H,7-14H2,1-4H3,(H,35,40). The maximum absolute atomic E-state index is 13.2.